The van der Waals surface area contributed by atoms with E-state index in [1.807, 2.05) is 0 Å². The molecule has 2 aromatic rings. The first-order valence-corrected chi connectivity index (χ1v) is 4.68. The number of aromatic amines is 1. The number of rotatable bonds is 0. The number of ether oxygens (including phenoxy) is 1. The lowest BCUT2D eigenvalue weighted by atomic mass is 10.2. The molecule has 0 spiro atoms. The van der Waals surface area contributed by atoms with Crippen LogP contribution in [0.3, 0.4) is 0 Å². The number of carbonyl (C=O) groups is 1. The molecule has 3 rings (SSSR count). The van der Waals surface area contributed by atoms with E-state index in [9.17, 15) is 9.59 Å². The number of aromatic nitrogens is 2. The van der Waals surface area contributed by atoms with E-state index < -0.39 is 0 Å². The summed E-state index contributed by atoms with van der Waals surface area (Å²) in [6.07, 6.45) is 1.20. The van der Waals surface area contributed by atoms with Crippen LogP contribution in [0.4, 0.5) is 5.69 Å². The Labute approximate surface area is 89.3 Å². The topological polar surface area (TPSA) is 84.1 Å². The molecule has 0 bridgehead atoms. The van der Waals surface area contributed by atoms with Gasteiger partial charge in [-0.1, -0.05) is 0 Å². The SMILES string of the molecule is O=C1COc2cc3ncc(=O)[nH]c3cc2N1. The molecule has 0 atom stereocenters. The summed E-state index contributed by atoms with van der Waals surface area (Å²) in [6.45, 7) is 0.00185. The molecule has 1 aromatic carbocycles. The summed E-state index contributed by atoms with van der Waals surface area (Å²) < 4.78 is 5.23. The number of fused-ring (bicyclic) bond motifs is 2. The van der Waals surface area contributed by atoms with Gasteiger partial charge < -0.3 is 15.0 Å². The van der Waals surface area contributed by atoms with Crippen molar-refractivity contribution in [2.24, 2.45) is 0 Å². The lowest BCUT2D eigenvalue weighted by Gasteiger charge is -2.17. The fourth-order valence-electron chi connectivity index (χ4n) is 1.62. The zero-order valence-corrected chi connectivity index (χ0v) is 8.11. The van der Waals surface area contributed by atoms with Gasteiger partial charge in [0, 0.05) is 6.07 Å². The third-order valence-electron chi connectivity index (χ3n) is 2.31. The minimum atomic E-state index is -0.282. The van der Waals surface area contributed by atoms with Crippen LogP contribution in [0.15, 0.2) is 23.1 Å². The van der Waals surface area contributed by atoms with Gasteiger partial charge in [-0.05, 0) is 6.07 Å². The van der Waals surface area contributed by atoms with E-state index in [1.165, 1.54) is 6.20 Å². The van der Waals surface area contributed by atoms with Crippen molar-refractivity contribution in [3.8, 4) is 5.75 Å². The Morgan fingerprint density at radius 2 is 2.19 bits per heavy atom. The fourth-order valence-corrected chi connectivity index (χ4v) is 1.62. The number of benzene rings is 1. The maximum Gasteiger partial charge on any atom is 0.266 e. The minimum Gasteiger partial charge on any atom is -0.481 e. The van der Waals surface area contributed by atoms with Crippen LogP contribution in [0.1, 0.15) is 0 Å². The Morgan fingerprint density at radius 1 is 1.31 bits per heavy atom. The molecule has 1 aliphatic heterocycles. The summed E-state index contributed by atoms with van der Waals surface area (Å²) in [6, 6.07) is 3.32. The van der Waals surface area contributed by atoms with Crippen molar-refractivity contribution in [3.63, 3.8) is 0 Å². The number of hydrogen-bond acceptors (Lipinski definition) is 4. The van der Waals surface area contributed by atoms with Gasteiger partial charge in [-0.15, -0.1) is 0 Å². The monoisotopic (exact) mass is 217 g/mol. The minimum absolute atomic E-state index is 0.00185. The van der Waals surface area contributed by atoms with E-state index in [0.29, 0.717) is 22.5 Å². The smallest absolute Gasteiger partial charge is 0.266 e. The molecule has 2 heterocycles. The Hall–Kier alpha value is -2.37. The van der Waals surface area contributed by atoms with Gasteiger partial charge in [0.05, 0.1) is 22.9 Å². The first-order chi connectivity index (χ1) is 7.72. The Bertz CT molecular complexity index is 647. The summed E-state index contributed by atoms with van der Waals surface area (Å²) in [5, 5.41) is 2.66. The number of nitrogens with zero attached hydrogens (tertiary/aromatic N) is 1. The third-order valence-corrected chi connectivity index (χ3v) is 2.31. The molecule has 0 saturated carbocycles. The largest absolute Gasteiger partial charge is 0.481 e. The van der Waals surface area contributed by atoms with Crippen LogP contribution in [0, 0.1) is 0 Å². The van der Waals surface area contributed by atoms with Crippen LogP contribution in [0.5, 0.6) is 5.75 Å². The van der Waals surface area contributed by atoms with Gasteiger partial charge in [-0.2, -0.15) is 0 Å². The second-order valence-electron chi connectivity index (χ2n) is 3.45. The average Bonchev–Trinajstić information content (AvgIpc) is 2.26. The summed E-state index contributed by atoms with van der Waals surface area (Å²) in [5.41, 5.74) is 1.45. The molecule has 6 heteroatoms. The van der Waals surface area contributed by atoms with Crippen LogP contribution < -0.4 is 15.6 Å². The van der Waals surface area contributed by atoms with Gasteiger partial charge >= 0.3 is 0 Å². The van der Waals surface area contributed by atoms with Crippen molar-refractivity contribution in [1.29, 1.82) is 0 Å². The molecule has 0 saturated heterocycles. The summed E-state index contributed by atoms with van der Waals surface area (Å²) in [7, 11) is 0. The second-order valence-corrected chi connectivity index (χ2v) is 3.45. The van der Waals surface area contributed by atoms with E-state index in [4.69, 9.17) is 4.74 Å². The summed E-state index contributed by atoms with van der Waals surface area (Å²) in [5.74, 6) is 0.352. The van der Waals surface area contributed by atoms with Gasteiger partial charge in [0.2, 0.25) is 0 Å². The molecule has 1 aromatic heterocycles. The molecule has 1 aliphatic rings. The molecule has 1 amide bonds. The molecular weight excluding hydrogens is 210 g/mol. The highest BCUT2D eigenvalue weighted by Gasteiger charge is 2.16. The van der Waals surface area contributed by atoms with E-state index in [-0.39, 0.29) is 18.1 Å². The van der Waals surface area contributed by atoms with Crippen LogP contribution >= 0.6 is 0 Å². The normalized spacial score (nSPS) is 14.1. The number of nitrogens with one attached hydrogen (secondary N) is 2. The van der Waals surface area contributed by atoms with Crippen molar-refractivity contribution in [3.05, 3.63) is 28.7 Å². The van der Waals surface area contributed by atoms with E-state index in [1.54, 1.807) is 12.1 Å². The van der Waals surface area contributed by atoms with Gasteiger partial charge in [0.25, 0.3) is 11.5 Å². The molecule has 0 unspecified atom stereocenters. The van der Waals surface area contributed by atoms with E-state index >= 15 is 0 Å². The zero-order valence-electron chi connectivity index (χ0n) is 8.11. The highest BCUT2D eigenvalue weighted by molar-refractivity contribution is 5.98. The van der Waals surface area contributed by atoms with E-state index in [2.05, 4.69) is 15.3 Å². The maximum atomic E-state index is 11.1. The molecule has 16 heavy (non-hydrogen) atoms. The number of amides is 1. The Morgan fingerprint density at radius 3 is 3.06 bits per heavy atom. The van der Waals surface area contributed by atoms with Crippen LogP contribution in [0.25, 0.3) is 11.0 Å². The van der Waals surface area contributed by atoms with Crippen molar-refractivity contribution in [2.75, 3.05) is 11.9 Å². The fraction of sp³-hybridized carbons (Fsp3) is 0.100. The Balaban J connectivity index is 2.27. The van der Waals surface area contributed by atoms with Crippen molar-refractivity contribution in [2.45, 2.75) is 0 Å². The Kier molecular flexibility index (Phi) is 1.70. The standard InChI is InChI=1S/C10H7N3O3/c14-9-3-11-5-2-8-7(1-6(5)12-9)13-10(15)4-16-8/h1-3H,4H2,(H,12,14)(H,13,15). The molecule has 0 fully saturated rings. The lowest BCUT2D eigenvalue weighted by molar-refractivity contribution is -0.118. The molecule has 6 nitrogen and oxygen atoms in total. The molecule has 0 aliphatic carbocycles. The number of hydrogen-bond donors (Lipinski definition) is 2. The van der Waals surface area contributed by atoms with Crippen LogP contribution in [-0.4, -0.2) is 22.5 Å². The van der Waals surface area contributed by atoms with Crippen molar-refractivity contribution >= 4 is 22.6 Å². The van der Waals surface area contributed by atoms with Crippen LogP contribution in [-0.2, 0) is 4.79 Å². The first kappa shape index (κ1) is 8.90. The maximum absolute atomic E-state index is 11.1. The first-order valence-electron chi connectivity index (χ1n) is 4.68. The highest BCUT2D eigenvalue weighted by atomic mass is 16.5. The molecule has 2 N–H and O–H groups in total. The highest BCUT2D eigenvalue weighted by Crippen LogP contribution is 2.30. The van der Waals surface area contributed by atoms with Crippen molar-refractivity contribution in [1.82, 2.24) is 9.97 Å². The van der Waals surface area contributed by atoms with Gasteiger partial charge in [-0.3, -0.25) is 9.59 Å². The van der Waals surface area contributed by atoms with Crippen LogP contribution in [0.2, 0.25) is 0 Å². The van der Waals surface area contributed by atoms with Gasteiger partial charge in [-0.25, -0.2) is 4.98 Å². The van der Waals surface area contributed by atoms with Gasteiger partial charge in [0.15, 0.2) is 6.61 Å². The molecule has 80 valence electrons. The third kappa shape index (κ3) is 1.31. The number of anilines is 1. The quantitative estimate of drug-likeness (QED) is 0.662. The summed E-state index contributed by atoms with van der Waals surface area (Å²) in [4.78, 5) is 28.8. The van der Waals surface area contributed by atoms with Crippen molar-refractivity contribution < 1.29 is 9.53 Å². The predicted molar refractivity (Wildman–Crippen MR) is 56.5 cm³/mol. The predicted octanol–water partition coefficient (Wildman–Crippen LogP) is 0.254. The number of H-pyrrole nitrogens is 1. The molecular formula is C10H7N3O3. The lowest BCUT2D eigenvalue weighted by Crippen LogP contribution is -2.25. The van der Waals surface area contributed by atoms with E-state index in [0.717, 1.165) is 0 Å². The average molecular weight is 217 g/mol. The number of carbonyl (C=O) groups excluding carboxylic acids is 1. The van der Waals surface area contributed by atoms with Gasteiger partial charge in [0.1, 0.15) is 5.75 Å². The summed E-state index contributed by atoms with van der Waals surface area (Å²) >= 11 is 0. The second kappa shape index (κ2) is 3.06. The molecule has 0 radical (unpaired) electrons. The zero-order chi connectivity index (χ0) is 11.1.